The van der Waals surface area contributed by atoms with Crippen LogP contribution >= 0.6 is 0 Å². The average molecular weight is 369 g/mol. The summed E-state index contributed by atoms with van der Waals surface area (Å²) in [4.78, 5) is 15.0. The van der Waals surface area contributed by atoms with Crippen LogP contribution in [0.15, 0.2) is 12.1 Å². The summed E-state index contributed by atoms with van der Waals surface area (Å²) in [6.45, 7) is 1.96. The van der Waals surface area contributed by atoms with Gasteiger partial charge in [-0.2, -0.15) is 13.2 Å². The van der Waals surface area contributed by atoms with E-state index in [1.165, 1.54) is 6.92 Å². The molecular formula is C15H16F5NO4. The smallest absolute Gasteiger partial charge is 0.417 e. The van der Waals surface area contributed by atoms with Crippen molar-refractivity contribution in [3.05, 3.63) is 23.4 Å². The normalized spacial score (nSPS) is 29.9. The third kappa shape index (κ3) is 3.14. The number of hydrogen-bond acceptors (Lipinski definition) is 4. The second kappa shape index (κ2) is 6.40. The predicted molar refractivity (Wildman–Crippen MR) is 74.6 cm³/mol. The van der Waals surface area contributed by atoms with Crippen molar-refractivity contribution in [2.75, 3.05) is 7.11 Å². The number of carbonyl (C=O) groups is 1. The van der Waals surface area contributed by atoms with Crippen LogP contribution in [0.1, 0.15) is 37.4 Å². The van der Waals surface area contributed by atoms with Gasteiger partial charge in [0.2, 0.25) is 5.88 Å². The Labute approximate surface area is 139 Å². The van der Waals surface area contributed by atoms with E-state index in [1.54, 1.807) is 0 Å². The van der Waals surface area contributed by atoms with E-state index in [1.807, 2.05) is 0 Å². The number of ether oxygens (including phenoxy) is 2. The number of rotatable bonds is 4. The first-order valence-electron chi connectivity index (χ1n) is 7.24. The summed E-state index contributed by atoms with van der Waals surface area (Å²) in [5, 5.41) is 9.29. The van der Waals surface area contributed by atoms with Crippen molar-refractivity contribution in [1.29, 1.82) is 0 Å². The second-order valence-corrected chi connectivity index (χ2v) is 5.93. The highest BCUT2D eigenvalue weighted by atomic mass is 19.4. The monoisotopic (exact) mass is 369 g/mol. The van der Waals surface area contributed by atoms with Gasteiger partial charge in [-0.25, -0.2) is 18.6 Å². The molecule has 25 heavy (non-hydrogen) atoms. The van der Waals surface area contributed by atoms with Gasteiger partial charge in [0.05, 0.1) is 7.11 Å². The van der Waals surface area contributed by atoms with Gasteiger partial charge in [0, 0.05) is 17.4 Å². The maximum Gasteiger partial charge on any atom is 0.417 e. The number of pyridine rings is 1. The summed E-state index contributed by atoms with van der Waals surface area (Å²) in [6, 6.07) is 2.04. The topological polar surface area (TPSA) is 68.7 Å². The number of aromatic nitrogens is 1. The molecule has 1 saturated heterocycles. The lowest BCUT2D eigenvalue weighted by Crippen LogP contribution is -2.47. The van der Waals surface area contributed by atoms with Crippen molar-refractivity contribution in [2.24, 2.45) is 5.92 Å². The summed E-state index contributed by atoms with van der Waals surface area (Å²) in [6.07, 6.45) is -9.55. The van der Waals surface area contributed by atoms with Gasteiger partial charge in [-0.3, -0.25) is 0 Å². The predicted octanol–water partition coefficient (Wildman–Crippen LogP) is 3.55. The molecule has 2 rings (SSSR count). The summed E-state index contributed by atoms with van der Waals surface area (Å²) < 4.78 is 75.5. The number of hydrogen-bond donors (Lipinski definition) is 1. The van der Waals surface area contributed by atoms with Gasteiger partial charge in [0.25, 0.3) is 6.43 Å². The second-order valence-electron chi connectivity index (χ2n) is 5.93. The minimum absolute atomic E-state index is 0.0280. The molecular weight excluding hydrogens is 353 g/mol. The number of carboxylic acid groups (broad SMARTS) is 1. The zero-order chi connectivity index (χ0) is 19.2. The van der Waals surface area contributed by atoms with Crippen molar-refractivity contribution < 1.29 is 41.3 Å². The molecule has 10 heteroatoms. The van der Waals surface area contributed by atoms with E-state index in [-0.39, 0.29) is 11.4 Å². The highest BCUT2D eigenvalue weighted by molar-refractivity contribution is 5.75. The fourth-order valence-electron chi connectivity index (χ4n) is 3.01. The Morgan fingerprint density at radius 3 is 2.44 bits per heavy atom. The molecule has 1 aromatic heterocycles. The van der Waals surface area contributed by atoms with E-state index in [2.05, 4.69) is 4.98 Å². The molecule has 0 saturated carbocycles. The molecule has 2 heterocycles. The van der Waals surface area contributed by atoms with Crippen molar-refractivity contribution in [3.8, 4) is 5.88 Å². The van der Waals surface area contributed by atoms with Crippen LogP contribution in [-0.2, 0) is 9.53 Å². The minimum Gasteiger partial charge on any atom is -0.481 e. The van der Waals surface area contributed by atoms with Gasteiger partial charge < -0.3 is 14.6 Å². The Kier molecular flexibility index (Phi) is 4.95. The third-order valence-electron chi connectivity index (χ3n) is 4.60. The zero-order valence-electron chi connectivity index (χ0n) is 13.5. The molecule has 5 nitrogen and oxygen atoms in total. The zero-order valence-corrected chi connectivity index (χ0v) is 13.5. The van der Waals surface area contributed by atoms with Crippen molar-refractivity contribution in [3.63, 3.8) is 0 Å². The van der Waals surface area contributed by atoms with Crippen molar-refractivity contribution in [1.82, 2.24) is 4.98 Å². The van der Waals surface area contributed by atoms with Crippen LogP contribution in [0.4, 0.5) is 22.0 Å². The Bertz CT molecular complexity index is 666. The van der Waals surface area contributed by atoms with Crippen LogP contribution in [0.2, 0.25) is 0 Å². The molecule has 2 unspecified atom stereocenters. The highest BCUT2D eigenvalue weighted by Gasteiger charge is 2.66. The molecule has 1 aromatic rings. The summed E-state index contributed by atoms with van der Waals surface area (Å²) >= 11 is 0. The standard InChI is InChI=1S/C15H16F5NO4/c1-6-9(7-4-5-8(11(16)17)21-12(7)24-3)10(13(22)23)25-14(6,2)15(18,19)20/h4-6,9-11H,1-3H3,(H,22,23)/t6-,9?,10?,14+/m0/s1. The van der Waals surface area contributed by atoms with Gasteiger partial charge in [-0.05, 0) is 13.0 Å². The molecule has 0 aromatic carbocycles. The van der Waals surface area contributed by atoms with E-state index in [0.717, 1.165) is 26.2 Å². The number of methoxy groups -OCH3 is 1. The Morgan fingerprint density at radius 1 is 1.40 bits per heavy atom. The third-order valence-corrected chi connectivity index (χ3v) is 4.60. The summed E-state index contributed by atoms with van der Waals surface area (Å²) in [5.74, 6) is -4.54. The van der Waals surface area contributed by atoms with Crippen LogP contribution in [-0.4, -0.2) is 41.1 Å². The lowest BCUT2D eigenvalue weighted by atomic mass is 9.77. The van der Waals surface area contributed by atoms with E-state index in [0.29, 0.717) is 0 Å². The van der Waals surface area contributed by atoms with Crippen LogP contribution in [0.3, 0.4) is 0 Å². The molecule has 0 amide bonds. The van der Waals surface area contributed by atoms with Crippen molar-refractivity contribution >= 4 is 5.97 Å². The SMILES string of the molecule is COc1nc(C(F)F)ccc1C1C(C(=O)O)O[C@@](C)(C(F)(F)F)[C@H]1C. The first-order valence-corrected chi connectivity index (χ1v) is 7.24. The molecule has 0 spiro atoms. The molecule has 140 valence electrons. The molecule has 1 fully saturated rings. The van der Waals surface area contributed by atoms with Crippen molar-refractivity contribution in [2.45, 2.75) is 44.1 Å². The van der Waals surface area contributed by atoms with Gasteiger partial charge in [0.1, 0.15) is 5.69 Å². The molecule has 1 aliphatic rings. The summed E-state index contributed by atoms with van der Waals surface area (Å²) in [7, 11) is 1.11. The highest BCUT2D eigenvalue weighted by Crippen LogP contribution is 2.54. The number of aliphatic carboxylic acids is 1. The number of nitrogens with zero attached hydrogens (tertiary/aromatic N) is 1. The van der Waals surface area contributed by atoms with E-state index < -0.39 is 47.8 Å². The van der Waals surface area contributed by atoms with E-state index >= 15 is 0 Å². The Balaban J connectivity index is 2.57. The largest absolute Gasteiger partial charge is 0.481 e. The van der Waals surface area contributed by atoms with Gasteiger partial charge in [0.15, 0.2) is 11.7 Å². The number of halogens is 5. The Hall–Kier alpha value is -1.97. The van der Waals surface area contributed by atoms with Crippen LogP contribution in [0, 0.1) is 5.92 Å². The molecule has 4 atom stereocenters. The van der Waals surface area contributed by atoms with Crippen LogP contribution in [0.5, 0.6) is 5.88 Å². The summed E-state index contributed by atoms with van der Waals surface area (Å²) in [5.41, 5.74) is -3.37. The maximum atomic E-state index is 13.4. The molecule has 0 aliphatic carbocycles. The first-order chi connectivity index (χ1) is 11.4. The Morgan fingerprint density at radius 2 is 2.00 bits per heavy atom. The van der Waals surface area contributed by atoms with Crippen LogP contribution in [0.25, 0.3) is 0 Å². The fourth-order valence-corrected chi connectivity index (χ4v) is 3.01. The minimum atomic E-state index is -4.82. The molecule has 0 bridgehead atoms. The average Bonchev–Trinajstić information content (AvgIpc) is 2.79. The molecule has 1 N–H and O–H groups in total. The first kappa shape index (κ1) is 19.4. The number of alkyl halides is 5. The lowest BCUT2D eigenvalue weighted by Gasteiger charge is -2.31. The van der Waals surface area contributed by atoms with Gasteiger partial charge in [-0.15, -0.1) is 0 Å². The fraction of sp³-hybridized carbons (Fsp3) is 0.600. The number of carboxylic acids is 1. The van der Waals surface area contributed by atoms with Gasteiger partial charge >= 0.3 is 12.1 Å². The van der Waals surface area contributed by atoms with Crippen LogP contribution < -0.4 is 4.74 Å². The van der Waals surface area contributed by atoms with E-state index in [4.69, 9.17) is 9.47 Å². The van der Waals surface area contributed by atoms with Gasteiger partial charge in [-0.1, -0.05) is 13.0 Å². The molecule has 1 aliphatic heterocycles. The maximum absolute atomic E-state index is 13.4. The molecule has 0 radical (unpaired) electrons. The quantitative estimate of drug-likeness (QED) is 0.822. The lowest BCUT2D eigenvalue weighted by molar-refractivity contribution is -0.273. The van der Waals surface area contributed by atoms with E-state index in [9.17, 15) is 31.9 Å².